The highest BCUT2D eigenvalue weighted by molar-refractivity contribution is 5.96. The summed E-state index contributed by atoms with van der Waals surface area (Å²) in [6.07, 6.45) is 0.231. The molecular weight excluding hydrogens is 388 g/mol. The third kappa shape index (κ3) is 5.72. The number of amides is 2. The SMILES string of the molecule is COc1ccc(C)cc1NC(=O)N[C@@H](C(=O)Cc1ccc(C)c(C)c1)c1ccccc1. The summed E-state index contributed by atoms with van der Waals surface area (Å²) in [4.78, 5) is 26.0. The van der Waals surface area contributed by atoms with E-state index < -0.39 is 12.1 Å². The van der Waals surface area contributed by atoms with Crippen LogP contribution in [0.2, 0.25) is 0 Å². The number of methoxy groups -OCH3 is 1. The molecule has 0 aromatic heterocycles. The van der Waals surface area contributed by atoms with Gasteiger partial charge in [-0.05, 0) is 60.7 Å². The highest BCUT2D eigenvalue weighted by Gasteiger charge is 2.23. The van der Waals surface area contributed by atoms with Crippen molar-refractivity contribution in [3.63, 3.8) is 0 Å². The zero-order chi connectivity index (χ0) is 22.4. The van der Waals surface area contributed by atoms with E-state index in [1.165, 1.54) is 5.56 Å². The lowest BCUT2D eigenvalue weighted by molar-refractivity contribution is -0.120. The summed E-state index contributed by atoms with van der Waals surface area (Å²) >= 11 is 0. The van der Waals surface area contributed by atoms with E-state index in [1.807, 2.05) is 81.4 Å². The number of ketones is 1. The summed E-state index contributed by atoms with van der Waals surface area (Å²) in [5.41, 5.74) is 5.52. The molecule has 3 rings (SSSR count). The third-order valence-electron chi connectivity index (χ3n) is 5.28. The smallest absolute Gasteiger partial charge is 0.320 e. The van der Waals surface area contributed by atoms with Gasteiger partial charge in [0, 0.05) is 6.42 Å². The summed E-state index contributed by atoms with van der Waals surface area (Å²) in [6, 6.07) is 19.6. The van der Waals surface area contributed by atoms with Crippen LogP contribution >= 0.6 is 0 Å². The van der Waals surface area contributed by atoms with Gasteiger partial charge in [0.25, 0.3) is 0 Å². The Bertz CT molecular complexity index is 1080. The summed E-state index contributed by atoms with van der Waals surface area (Å²) in [7, 11) is 1.55. The maximum Gasteiger partial charge on any atom is 0.320 e. The van der Waals surface area contributed by atoms with Gasteiger partial charge in [-0.15, -0.1) is 0 Å². The monoisotopic (exact) mass is 416 g/mol. The Hall–Kier alpha value is -3.60. The molecule has 3 aromatic rings. The van der Waals surface area contributed by atoms with Gasteiger partial charge in [0.05, 0.1) is 12.8 Å². The molecule has 0 spiro atoms. The molecule has 0 bridgehead atoms. The number of nitrogens with one attached hydrogen (secondary N) is 2. The zero-order valence-corrected chi connectivity index (χ0v) is 18.4. The lowest BCUT2D eigenvalue weighted by Crippen LogP contribution is -2.37. The number of urea groups is 1. The summed E-state index contributed by atoms with van der Waals surface area (Å²) in [6.45, 7) is 6.00. The second-order valence-electron chi connectivity index (χ2n) is 7.71. The second-order valence-corrected chi connectivity index (χ2v) is 7.71. The number of ether oxygens (including phenoxy) is 1. The van der Waals surface area contributed by atoms with E-state index in [0.717, 1.165) is 22.3 Å². The molecule has 0 saturated heterocycles. The topological polar surface area (TPSA) is 67.4 Å². The molecular formula is C26H28N2O3. The molecule has 0 saturated carbocycles. The summed E-state index contributed by atoms with van der Waals surface area (Å²) in [5.74, 6) is 0.472. The second kappa shape index (κ2) is 9.94. The fourth-order valence-corrected chi connectivity index (χ4v) is 3.42. The Morgan fingerprint density at radius 1 is 0.903 bits per heavy atom. The standard InChI is InChI=1S/C26H28N2O3/c1-17-10-13-24(31-4)22(14-17)27-26(30)28-25(21-8-6-5-7-9-21)23(29)16-20-12-11-18(2)19(3)15-20/h5-15,25H,16H2,1-4H3,(H2,27,28,30)/t25-/m1/s1. The minimum absolute atomic E-state index is 0.0826. The van der Waals surface area contributed by atoms with Gasteiger partial charge in [-0.25, -0.2) is 4.79 Å². The van der Waals surface area contributed by atoms with Crippen molar-refractivity contribution in [1.82, 2.24) is 5.32 Å². The van der Waals surface area contributed by atoms with Gasteiger partial charge in [-0.2, -0.15) is 0 Å². The molecule has 160 valence electrons. The van der Waals surface area contributed by atoms with Crippen LogP contribution in [-0.2, 0) is 11.2 Å². The molecule has 2 amide bonds. The molecule has 0 aliphatic carbocycles. The van der Waals surface area contributed by atoms with Gasteiger partial charge in [0.1, 0.15) is 11.8 Å². The van der Waals surface area contributed by atoms with Gasteiger partial charge in [-0.3, -0.25) is 4.79 Å². The van der Waals surface area contributed by atoms with Crippen molar-refractivity contribution in [2.75, 3.05) is 12.4 Å². The van der Waals surface area contributed by atoms with Crippen LogP contribution < -0.4 is 15.4 Å². The Kier molecular flexibility index (Phi) is 7.08. The van der Waals surface area contributed by atoms with Crippen LogP contribution in [0.5, 0.6) is 5.75 Å². The average Bonchev–Trinajstić information content (AvgIpc) is 2.75. The minimum Gasteiger partial charge on any atom is -0.495 e. The number of carbonyl (C=O) groups is 2. The van der Waals surface area contributed by atoms with E-state index in [2.05, 4.69) is 10.6 Å². The average molecular weight is 417 g/mol. The van der Waals surface area contributed by atoms with Crippen LogP contribution in [0.1, 0.15) is 33.9 Å². The normalized spacial score (nSPS) is 11.5. The highest BCUT2D eigenvalue weighted by Crippen LogP contribution is 2.25. The number of hydrogen-bond donors (Lipinski definition) is 2. The number of rotatable bonds is 7. The molecule has 0 fully saturated rings. The van der Waals surface area contributed by atoms with Gasteiger partial charge >= 0.3 is 6.03 Å². The number of Topliss-reactive ketones (excluding diaryl/α,β-unsaturated/α-hetero) is 1. The molecule has 1 atom stereocenters. The maximum atomic E-state index is 13.2. The van der Waals surface area contributed by atoms with E-state index in [4.69, 9.17) is 4.74 Å². The molecule has 0 heterocycles. The molecule has 0 radical (unpaired) electrons. The van der Waals surface area contributed by atoms with Crippen molar-refractivity contribution in [3.8, 4) is 5.75 Å². The molecule has 0 unspecified atom stereocenters. The third-order valence-corrected chi connectivity index (χ3v) is 5.28. The zero-order valence-electron chi connectivity index (χ0n) is 18.4. The molecule has 5 nitrogen and oxygen atoms in total. The fraction of sp³-hybridized carbons (Fsp3) is 0.231. The van der Waals surface area contributed by atoms with Crippen LogP contribution in [-0.4, -0.2) is 18.9 Å². The van der Waals surface area contributed by atoms with Gasteiger partial charge in [-0.1, -0.05) is 54.6 Å². The van der Waals surface area contributed by atoms with E-state index in [-0.39, 0.29) is 12.2 Å². The van der Waals surface area contributed by atoms with Crippen molar-refractivity contribution >= 4 is 17.5 Å². The van der Waals surface area contributed by atoms with E-state index in [1.54, 1.807) is 13.2 Å². The molecule has 31 heavy (non-hydrogen) atoms. The summed E-state index contributed by atoms with van der Waals surface area (Å²) in [5, 5.41) is 5.65. The van der Waals surface area contributed by atoms with Crippen LogP contribution in [0.25, 0.3) is 0 Å². The molecule has 2 N–H and O–H groups in total. The Balaban J connectivity index is 1.81. The molecule has 0 aliphatic rings. The molecule has 5 heteroatoms. The first-order chi connectivity index (χ1) is 14.9. The lowest BCUT2D eigenvalue weighted by Gasteiger charge is -2.20. The van der Waals surface area contributed by atoms with Crippen molar-refractivity contribution < 1.29 is 14.3 Å². The number of anilines is 1. The quantitative estimate of drug-likeness (QED) is 0.550. The van der Waals surface area contributed by atoms with Gasteiger partial charge in [0.15, 0.2) is 5.78 Å². The lowest BCUT2D eigenvalue weighted by atomic mass is 9.96. The minimum atomic E-state index is -0.765. The predicted octanol–water partition coefficient (Wildman–Crippen LogP) is 5.30. The van der Waals surface area contributed by atoms with E-state index >= 15 is 0 Å². The molecule has 0 aliphatic heterocycles. The first kappa shape index (κ1) is 22.1. The summed E-state index contributed by atoms with van der Waals surface area (Å²) < 4.78 is 5.33. The van der Waals surface area contributed by atoms with E-state index in [9.17, 15) is 9.59 Å². The predicted molar refractivity (Wildman–Crippen MR) is 124 cm³/mol. The number of aryl methyl sites for hydroxylation is 3. The Morgan fingerprint density at radius 2 is 1.65 bits per heavy atom. The van der Waals surface area contributed by atoms with Gasteiger partial charge in [0.2, 0.25) is 0 Å². The van der Waals surface area contributed by atoms with Crippen molar-refractivity contribution in [1.29, 1.82) is 0 Å². The fourth-order valence-electron chi connectivity index (χ4n) is 3.42. The van der Waals surface area contributed by atoms with E-state index in [0.29, 0.717) is 11.4 Å². The first-order valence-corrected chi connectivity index (χ1v) is 10.2. The molecule has 3 aromatic carbocycles. The van der Waals surface area contributed by atoms with Gasteiger partial charge < -0.3 is 15.4 Å². The first-order valence-electron chi connectivity index (χ1n) is 10.2. The van der Waals surface area contributed by atoms with Crippen LogP contribution in [0, 0.1) is 20.8 Å². The van der Waals surface area contributed by atoms with Crippen LogP contribution in [0.15, 0.2) is 66.7 Å². The largest absolute Gasteiger partial charge is 0.495 e. The number of carbonyl (C=O) groups excluding carboxylic acids is 2. The highest BCUT2D eigenvalue weighted by atomic mass is 16.5. The van der Waals surface area contributed by atoms with Crippen molar-refractivity contribution in [2.24, 2.45) is 0 Å². The Labute approximate surface area is 183 Å². The number of benzene rings is 3. The van der Waals surface area contributed by atoms with Crippen molar-refractivity contribution in [3.05, 3.63) is 94.5 Å². The van der Waals surface area contributed by atoms with Crippen LogP contribution in [0.4, 0.5) is 10.5 Å². The number of hydrogen-bond acceptors (Lipinski definition) is 3. The Morgan fingerprint density at radius 3 is 2.32 bits per heavy atom. The van der Waals surface area contributed by atoms with Crippen LogP contribution in [0.3, 0.4) is 0 Å². The van der Waals surface area contributed by atoms with Crippen molar-refractivity contribution in [2.45, 2.75) is 33.2 Å². The maximum absolute atomic E-state index is 13.2.